The standard InChI is InChI=1S/C27H24BrF13N2O5/c1-2-47-19(20(44)45)13-15-3-9-18(10-4-15)48-12-11-43(21(46)42-17-7-5-16(28)6-8-17)14-22(29,30)23(31,32)24(33,34)25(35,36)26(37,38)27(39,40)41/h3-10,19H,2,11-14H2,1H3,(H,42,46)(H,44,45). The van der Waals surface area contributed by atoms with Crippen LogP contribution in [0.5, 0.6) is 5.75 Å². The number of carbonyl (C=O) groups excluding carboxylic acids is 1. The van der Waals surface area contributed by atoms with Crippen LogP contribution in [0.4, 0.5) is 67.6 Å². The molecule has 2 N–H and O–H groups in total. The molecular formula is C27H24BrF13N2O5. The monoisotopic (exact) mass is 782 g/mol. The quantitative estimate of drug-likeness (QED) is 0.168. The van der Waals surface area contributed by atoms with Gasteiger partial charge in [0.2, 0.25) is 0 Å². The first kappa shape index (κ1) is 40.7. The Bertz CT molecular complexity index is 1390. The molecule has 2 aromatic carbocycles. The van der Waals surface area contributed by atoms with Crippen LogP contribution in [-0.4, -0.2) is 90.2 Å². The third kappa shape index (κ3) is 8.75. The van der Waals surface area contributed by atoms with Gasteiger partial charge in [0.1, 0.15) is 12.4 Å². The van der Waals surface area contributed by atoms with E-state index in [1.165, 1.54) is 36.4 Å². The molecule has 270 valence electrons. The van der Waals surface area contributed by atoms with Gasteiger partial charge in [-0.15, -0.1) is 0 Å². The summed E-state index contributed by atoms with van der Waals surface area (Å²) < 4.78 is 188. The average molecular weight is 783 g/mol. The van der Waals surface area contributed by atoms with Crippen molar-refractivity contribution in [2.75, 3.05) is 31.6 Å². The molecule has 21 heteroatoms. The van der Waals surface area contributed by atoms with E-state index in [0.717, 1.165) is 12.1 Å². The van der Waals surface area contributed by atoms with Crippen molar-refractivity contribution in [3.63, 3.8) is 0 Å². The van der Waals surface area contributed by atoms with Gasteiger partial charge in [0.05, 0.1) is 13.1 Å². The molecule has 1 unspecified atom stereocenters. The van der Waals surface area contributed by atoms with Crippen molar-refractivity contribution >= 4 is 33.6 Å². The molecule has 1 atom stereocenters. The summed E-state index contributed by atoms with van der Waals surface area (Å²) in [5, 5.41) is 11.1. The van der Waals surface area contributed by atoms with Crippen molar-refractivity contribution in [2.24, 2.45) is 0 Å². The third-order valence-electron chi connectivity index (χ3n) is 6.39. The molecule has 0 heterocycles. The SMILES string of the molecule is CCOC(Cc1ccc(OCCN(CC(F)(F)C(F)(F)C(F)(F)C(F)(F)C(F)(F)C(F)(F)F)C(=O)Nc2ccc(Br)cc2)cc1)C(=O)O. The first-order valence-electron chi connectivity index (χ1n) is 13.2. The van der Waals surface area contributed by atoms with E-state index in [-0.39, 0.29) is 29.4 Å². The van der Waals surface area contributed by atoms with Gasteiger partial charge in [0, 0.05) is 23.2 Å². The van der Waals surface area contributed by atoms with Crippen LogP contribution in [-0.2, 0) is 16.0 Å². The highest BCUT2D eigenvalue weighted by Crippen LogP contribution is 2.60. The summed E-state index contributed by atoms with van der Waals surface area (Å²) in [5.41, 5.74) is 0.211. The Morgan fingerprint density at radius 1 is 0.812 bits per heavy atom. The number of hydrogen-bond donors (Lipinski definition) is 2. The second kappa shape index (κ2) is 15.0. The highest BCUT2D eigenvalue weighted by atomic mass is 79.9. The number of benzene rings is 2. The van der Waals surface area contributed by atoms with Crippen molar-refractivity contribution in [3.8, 4) is 5.75 Å². The molecule has 0 aliphatic carbocycles. The zero-order chi connectivity index (χ0) is 36.9. The van der Waals surface area contributed by atoms with Crippen LogP contribution in [0.2, 0.25) is 0 Å². The van der Waals surface area contributed by atoms with Crippen LogP contribution in [0.25, 0.3) is 0 Å². The molecule has 0 aliphatic rings. The summed E-state index contributed by atoms with van der Waals surface area (Å²) in [7, 11) is 0. The predicted octanol–water partition coefficient (Wildman–Crippen LogP) is 8.13. The van der Waals surface area contributed by atoms with Crippen LogP contribution in [0, 0.1) is 0 Å². The molecule has 0 spiro atoms. The lowest BCUT2D eigenvalue weighted by Gasteiger charge is -2.40. The van der Waals surface area contributed by atoms with E-state index in [9.17, 15) is 71.8 Å². The number of carbonyl (C=O) groups is 2. The average Bonchev–Trinajstić information content (AvgIpc) is 2.97. The fourth-order valence-electron chi connectivity index (χ4n) is 3.76. The minimum absolute atomic E-state index is 0.0785. The van der Waals surface area contributed by atoms with Crippen molar-refractivity contribution in [3.05, 3.63) is 58.6 Å². The molecule has 2 amide bonds. The first-order valence-corrected chi connectivity index (χ1v) is 13.9. The van der Waals surface area contributed by atoms with Crippen molar-refractivity contribution in [2.45, 2.75) is 55.2 Å². The van der Waals surface area contributed by atoms with Gasteiger partial charge in [0.25, 0.3) is 0 Å². The highest BCUT2D eigenvalue weighted by molar-refractivity contribution is 9.10. The zero-order valence-electron chi connectivity index (χ0n) is 24.1. The van der Waals surface area contributed by atoms with Crippen molar-refractivity contribution < 1.29 is 81.2 Å². The minimum atomic E-state index is -8.09. The Morgan fingerprint density at radius 2 is 1.33 bits per heavy atom. The number of anilines is 1. The summed E-state index contributed by atoms with van der Waals surface area (Å²) in [6.07, 6.45) is -8.88. The van der Waals surface area contributed by atoms with Gasteiger partial charge in [0.15, 0.2) is 6.10 Å². The number of nitrogens with zero attached hydrogens (tertiary/aromatic N) is 1. The first-order chi connectivity index (χ1) is 21.8. The fraction of sp³-hybridized carbons (Fsp3) is 0.481. The van der Waals surface area contributed by atoms with Crippen molar-refractivity contribution in [1.82, 2.24) is 4.90 Å². The smallest absolute Gasteiger partial charge is 0.460 e. The summed E-state index contributed by atoms with van der Waals surface area (Å²) in [5.74, 6) is -39.5. The fourth-order valence-corrected chi connectivity index (χ4v) is 4.02. The van der Waals surface area contributed by atoms with E-state index >= 15 is 0 Å². The molecule has 0 aromatic heterocycles. The highest BCUT2D eigenvalue weighted by Gasteiger charge is 2.90. The molecule has 2 rings (SSSR count). The summed E-state index contributed by atoms with van der Waals surface area (Å²) >= 11 is 3.04. The van der Waals surface area contributed by atoms with E-state index < -0.39 is 73.6 Å². The Kier molecular flexibility index (Phi) is 12.7. The number of nitrogens with one attached hydrogen (secondary N) is 1. The summed E-state index contributed by atoms with van der Waals surface area (Å²) in [4.78, 5) is 23.6. The molecule has 0 saturated heterocycles. The number of aliphatic carboxylic acids is 1. The topological polar surface area (TPSA) is 88.1 Å². The molecule has 48 heavy (non-hydrogen) atoms. The Hall–Kier alpha value is -3.49. The number of carboxylic acid groups (broad SMARTS) is 1. The van der Waals surface area contributed by atoms with Gasteiger partial charge in [-0.05, 0) is 48.9 Å². The number of ether oxygens (including phenoxy) is 2. The second-order valence-electron chi connectivity index (χ2n) is 9.84. The molecule has 7 nitrogen and oxygen atoms in total. The number of urea groups is 1. The van der Waals surface area contributed by atoms with E-state index in [2.05, 4.69) is 15.9 Å². The number of carboxylic acids is 1. The van der Waals surface area contributed by atoms with E-state index in [1.54, 1.807) is 6.92 Å². The molecule has 2 aromatic rings. The predicted molar refractivity (Wildman–Crippen MR) is 144 cm³/mol. The summed E-state index contributed by atoms with van der Waals surface area (Å²) in [6.45, 7) is -3.34. The van der Waals surface area contributed by atoms with Crippen LogP contribution in [0.1, 0.15) is 12.5 Å². The maximum Gasteiger partial charge on any atom is 0.460 e. The van der Waals surface area contributed by atoms with Gasteiger partial charge in [-0.3, -0.25) is 0 Å². The van der Waals surface area contributed by atoms with Crippen LogP contribution in [0.3, 0.4) is 0 Å². The Morgan fingerprint density at radius 3 is 1.81 bits per heavy atom. The van der Waals surface area contributed by atoms with Gasteiger partial charge in [-0.25, -0.2) is 9.59 Å². The summed E-state index contributed by atoms with van der Waals surface area (Å²) in [6, 6.07) is 8.25. The Labute approximate surface area is 271 Å². The number of halogens is 14. The van der Waals surface area contributed by atoms with Crippen molar-refractivity contribution in [1.29, 1.82) is 0 Å². The van der Waals surface area contributed by atoms with Gasteiger partial charge < -0.3 is 24.8 Å². The zero-order valence-corrected chi connectivity index (χ0v) is 25.6. The van der Waals surface area contributed by atoms with E-state index in [1.807, 2.05) is 5.32 Å². The van der Waals surface area contributed by atoms with E-state index in [0.29, 0.717) is 10.0 Å². The lowest BCUT2D eigenvalue weighted by atomic mass is 9.93. The second-order valence-corrected chi connectivity index (χ2v) is 10.8. The lowest BCUT2D eigenvalue weighted by molar-refractivity contribution is -0.439. The van der Waals surface area contributed by atoms with Crippen LogP contribution in [0.15, 0.2) is 53.0 Å². The molecular weight excluding hydrogens is 759 g/mol. The van der Waals surface area contributed by atoms with Gasteiger partial charge >= 0.3 is 47.8 Å². The normalized spacial score (nSPS) is 14.0. The lowest BCUT2D eigenvalue weighted by Crippen LogP contribution is -2.71. The molecule has 0 bridgehead atoms. The minimum Gasteiger partial charge on any atom is -0.492 e. The molecule has 0 saturated carbocycles. The number of alkyl halides is 13. The van der Waals surface area contributed by atoms with E-state index in [4.69, 9.17) is 9.47 Å². The molecule has 0 aliphatic heterocycles. The van der Waals surface area contributed by atoms with Crippen LogP contribution >= 0.6 is 15.9 Å². The number of hydrogen-bond acceptors (Lipinski definition) is 4. The molecule has 0 radical (unpaired) electrons. The maximum absolute atomic E-state index is 14.7. The van der Waals surface area contributed by atoms with Gasteiger partial charge in [-0.1, -0.05) is 28.1 Å². The van der Waals surface area contributed by atoms with Gasteiger partial charge in [-0.2, -0.15) is 57.1 Å². The third-order valence-corrected chi connectivity index (χ3v) is 6.92. The number of amides is 2. The Balaban J connectivity index is 2.33. The van der Waals surface area contributed by atoms with Crippen LogP contribution < -0.4 is 10.1 Å². The number of rotatable bonds is 16. The molecule has 0 fully saturated rings. The maximum atomic E-state index is 14.7. The largest absolute Gasteiger partial charge is 0.492 e.